The minimum atomic E-state index is 0.279. The highest BCUT2D eigenvalue weighted by Crippen LogP contribution is 2.33. The average molecular weight is 211 g/mol. The highest BCUT2D eigenvalue weighted by atomic mass is 35.5. The summed E-state index contributed by atoms with van der Waals surface area (Å²) in [6, 6.07) is 8.68. The normalized spacial score (nSPS) is 28.2. The zero-order chi connectivity index (χ0) is 10.1. The van der Waals surface area contributed by atoms with E-state index in [0.29, 0.717) is 6.04 Å². The summed E-state index contributed by atoms with van der Waals surface area (Å²) in [5.74, 6) is 0. The largest absolute Gasteiger partial charge is 0.326 e. The molecule has 14 heavy (non-hydrogen) atoms. The Morgan fingerprint density at radius 1 is 1.43 bits per heavy atom. The summed E-state index contributed by atoms with van der Waals surface area (Å²) in [5, 5.41) is 0.846. The van der Waals surface area contributed by atoms with Crippen LogP contribution in [0.1, 0.15) is 18.0 Å². The van der Waals surface area contributed by atoms with Crippen molar-refractivity contribution in [2.24, 2.45) is 5.73 Å². The molecule has 0 spiro atoms. The highest BCUT2D eigenvalue weighted by molar-refractivity contribution is 6.31. The molecule has 0 aromatic heterocycles. The minimum absolute atomic E-state index is 0.279. The van der Waals surface area contributed by atoms with Gasteiger partial charge in [0.1, 0.15) is 0 Å². The fraction of sp³-hybridized carbons (Fsp3) is 0.455. The number of halogens is 1. The monoisotopic (exact) mass is 210 g/mol. The summed E-state index contributed by atoms with van der Waals surface area (Å²) in [6.45, 7) is 0.954. The van der Waals surface area contributed by atoms with Crippen molar-refractivity contribution in [3.63, 3.8) is 0 Å². The molecule has 0 radical (unpaired) electrons. The zero-order valence-electron chi connectivity index (χ0n) is 8.28. The van der Waals surface area contributed by atoms with Gasteiger partial charge in [-0.25, -0.2) is 0 Å². The molecule has 1 saturated heterocycles. The molecule has 2 atom stereocenters. The van der Waals surface area contributed by atoms with Crippen molar-refractivity contribution >= 4 is 11.6 Å². The van der Waals surface area contributed by atoms with Crippen LogP contribution in [0, 0.1) is 0 Å². The van der Waals surface area contributed by atoms with Crippen molar-refractivity contribution in [2.45, 2.75) is 18.5 Å². The van der Waals surface area contributed by atoms with E-state index in [1.54, 1.807) is 0 Å². The Labute approximate surface area is 89.7 Å². The third-order valence-electron chi connectivity index (χ3n) is 2.84. The van der Waals surface area contributed by atoms with Crippen LogP contribution in [0.2, 0.25) is 5.02 Å². The van der Waals surface area contributed by atoms with Gasteiger partial charge in [-0.1, -0.05) is 29.8 Å². The van der Waals surface area contributed by atoms with Crippen molar-refractivity contribution in [3.8, 4) is 0 Å². The van der Waals surface area contributed by atoms with Gasteiger partial charge in [-0.15, -0.1) is 0 Å². The zero-order valence-corrected chi connectivity index (χ0v) is 9.04. The molecule has 1 aliphatic heterocycles. The van der Waals surface area contributed by atoms with Crippen molar-refractivity contribution in [1.82, 2.24) is 4.90 Å². The predicted octanol–water partition coefficient (Wildman–Crippen LogP) is 2.04. The summed E-state index contributed by atoms with van der Waals surface area (Å²) in [4.78, 5) is 2.27. The predicted molar refractivity (Wildman–Crippen MR) is 59.4 cm³/mol. The summed E-state index contributed by atoms with van der Waals surface area (Å²) in [5.41, 5.74) is 7.12. The maximum absolute atomic E-state index is 6.15. The lowest BCUT2D eigenvalue weighted by Crippen LogP contribution is -2.24. The van der Waals surface area contributed by atoms with Gasteiger partial charge in [0.2, 0.25) is 0 Å². The van der Waals surface area contributed by atoms with Gasteiger partial charge in [0.15, 0.2) is 0 Å². The van der Waals surface area contributed by atoms with Crippen molar-refractivity contribution in [3.05, 3.63) is 34.9 Å². The fourth-order valence-electron chi connectivity index (χ4n) is 2.15. The smallest absolute Gasteiger partial charge is 0.0453 e. The van der Waals surface area contributed by atoms with E-state index >= 15 is 0 Å². The lowest BCUT2D eigenvalue weighted by Gasteiger charge is -2.20. The molecule has 0 saturated carbocycles. The Morgan fingerprint density at radius 3 is 2.71 bits per heavy atom. The van der Waals surface area contributed by atoms with Crippen LogP contribution in [-0.2, 0) is 0 Å². The molecule has 0 aliphatic carbocycles. The van der Waals surface area contributed by atoms with Crippen molar-refractivity contribution in [1.29, 1.82) is 0 Å². The fourth-order valence-corrected chi connectivity index (χ4v) is 2.41. The number of hydrogen-bond donors (Lipinski definition) is 1. The van der Waals surface area contributed by atoms with Gasteiger partial charge < -0.3 is 5.73 Å². The van der Waals surface area contributed by atoms with Crippen LogP contribution in [0.15, 0.2) is 24.3 Å². The Morgan fingerprint density at radius 2 is 2.14 bits per heavy atom. The molecule has 3 heteroatoms. The highest BCUT2D eigenvalue weighted by Gasteiger charge is 2.29. The quantitative estimate of drug-likeness (QED) is 0.769. The van der Waals surface area contributed by atoms with Crippen LogP contribution >= 0.6 is 11.6 Å². The van der Waals surface area contributed by atoms with E-state index < -0.39 is 0 Å². The molecule has 1 fully saturated rings. The first kappa shape index (κ1) is 9.97. The van der Waals surface area contributed by atoms with Crippen molar-refractivity contribution in [2.75, 3.05) is 13.6 Å². The molecule has 1 aromatic carbocycles. The third-order valence-corrected chi connectivity index (χ3v) is 3.19. The van der Waals surface area contributed by atoms with E-state index in [1.165, 1.54) is 5.56 Å². The number of likely N-dealkylation sites (N-methyl/N-ethyl adjacent to an activating group) is 1. The molecular weight excluding hydrogens is 196 g/mol. The SMILES string of the molecule is CN1CC(N)CC1c1ccccc1Cl. The second-order valence-corrected chi connectivity index (χ2v) is 4.38. The van der Waals surface area contributed by atoms with E-state index in [4.69, 9.17) is 17.3 Å². The lowest BCUT2D eigenvalue weighted by molar-refractivity contribution is 0.316. The summed E-state index contributed by atoms with van der Waals surface area (Å²) in [7, 11) is 2.10. The number of nitrogens with zero attached hydrogens (tertiary/aromatic N) is 1. The lowest BCUT2D eigenvalue weighted by atomic mass is 10.0. The Kier molecular flexibility index (Phi) is 2.77. The molecule has 2 rings (SSSR count). The number of nitrogens with two attached hydrogens (primary N) is 1. The van der Waals surface area contributed by atoms with Gasteiger partial charge in [-0.3, -0.25) is 4.90 Å². The summed E-state index contributed by atoms with van der Waals surface area (Å²) in [6.07, 6.45) is 1.00. The number of hydrogen-bond acceptors (Lipinski definition) is 2. The van der Waals surface area contributed by atoms with Gasteiger partial charge in [0.25, 0.3) is 0 Å². The molecule has 0 bridgehead atoms. The number of likely N-dealkylation sites (tertiary alicyclic amines) is 1. The van der Waals surface area contributed by atoms with E-state index in [1.807, 2.05) is 18.2 Å². The van der Waals surface area contributed by atoms with E-state index in [9.17, 15) is 0 Å². The number of benzene rings is 1. The van der Waals surface area contributed by atoms with Crippen LogP contribution in [-0.4, -0.2) is 24.5 Å². The van der Waals surface area contributed by atoms with Crippen LogP contribution in [0.3, 0.4) is 0 Å². The number of rotatable bonds is 1. The molecular formula is C11H15ClN2. The first-order valence-corrected chi connectivity index (χ1v) is 5.26. The first-order valence-electron chi connectivity index (χ1n) is 4.88. The third kappa shape index (κ3) is 1.78. The van der Waals surface area contributed by atoms with Gasteiger partial charge in [-0.2, -0.15) is 0 Å². The molecule has 1 aliphatic rings. The summed E-state index contributed by atoms with van der Waals surface area (Å²) < 4.78 is 0. The molecule has 2 unspecified atom stereocenters. The second kappa shape index (κ2) is 3.89. The summed E-state index contributed by atoms with van der Waals surface area (Å²) >= 11 is 6.15. The van der Waals surface area contributed by atoms with Crippen LogP contribution < -0.4 is 5.73 Å². The van der Waals surface area contributed by atoms with Crippen LogP contribution in [0.25, 0.3) is 0 Å². The van der Waals surface area contributed by atoms with Crippen LogP contribution in [0.4, 0.5) is 0 Å². The second-order valence-electron chi connectivity index (χ2n) is 3.97. The van der Waals surface area contributed by atoms with Gasteiger partial charge in [0, 0.05) is 23.7 Å². The molecule has 1 heterocycles. The minimum Gasteiger partial charge on any atom is -0.326 e. The maximum atomic E-state index is 6.15. The topological polar surface area (TPSA) is 29.3 Å². The Hall–Kier alpha value is -0.570. The molecule has 1 aromatic rings. The Balaban J connectivity index is 2.27. The molecule has 2 nitrogen and oxygen atoms in total. The Bertz CT molecular complexity index is 327. The van der Waals surface area contributed by atoms with Gasteiger partial charge >= 0.3 is 0 Å². The van der Waals surface area contributed by atoms with Crippen molar-refractivity contribution < 1.29 is 0 Å². The van der Waals surface area contributed by atoms with E-state index in [2.05, 4.69) is 18.0 Å². The van der Waals surface area contributed by atoms with E-state index in [0.717, 1.165) is 18.0 Å². The average Bonchev–Trinajstić information content (AvgIpc) is 2.46. The van der Waals surface area contributed by atoms with Gasteiger partial charge in [-0.05, 0) is 25.1 Å². The molecule has 2 N–H and O–H groups in total. The first-order chi connectivity index (χ1) is 6.68. The van der Waals surface area contributed by atoms with E-state index in [-0.39, 0.29) is 6.04 Å². The van der Waals surface area contributed by atoms with Crippen LogP contribution in [0.5, 0.6) is 0 Å². The molecule has 0 amide bonds. The standard InChI is InChI=1S/C11H15ClN2/c1-14-7-8(13)6-11(14)9-4-2-3-5-10(9)12/h2-5,8,11H,6-7,13H2,1H3. The molecule has 76 valence electrons. The maximum Gasteiger partial charge on any atom is 0.0453 e. The van der Waals surface area contributed by atoms with Gasteiger partial charge in [0.05, 0.1) is 0 Å².